The minimum Gasteiger partial charge on any atom is -0.330 e. The number of nitrogens with zero attached hydrogens (tertiary/aromatic N) is 3. The fraction of sp³-hybridized carbons (Fsp3) is 0.444. The lowest BCUT2D eigenvalue weighted by molar-refractivity contribution is -0.117. The SMILES string of the molecule is Cc1cc(NC(=O)CN2CCC(C)(CN)C2)n(-c2ccccc2F)n1.Cl. The summed E-state index contributed by atoms with van der Waals surface area (Å²) < 4.78 is 15.5. The molecule has 1 aromatic heterocycles. The van der Waals surface area contributed by atoms with Crippen molar-refractivity contribution in [3.63, 3.8) is 0 Å². The van der Waals surface area contributed by atoms with Crippen molar-refractivity contribution in [1.29, 1.82) is 0 Å². The molecule has 1 aliphatic heterocycles. The lowest BCUT2D eigenvalue weighted by atomic mass is 9.90. The molecule has 26 heavy (non-hydrogen) atoms. The van der Waals surface area contributed by atoms with Gasteiger partial charge in [-0.25, -0.2) is 9.07 Å². The summed E-state index contributed by atoms with van der Waals surface area (Å²) in [5.74, 6) is -0.0634. The molecule has 0 saturated carbocycles. The number of aromatic nitrogens is 2. The van der Waals surface area contributed by atoms with E-state index in [9.17, 15) is 9.18 Å². The van der Waals surface area contributed by atoms with Crippen molar-refractivity contribution in [3.05, 3.63) is 41.8 Å². The molecule has 1 fully saturated rings. The van der Waals surface area contributed by atoms with E-state index in [-0.39, 0.29) is 36.1 Å². The third-order valence-electron chi connectivity index (χ3n) is 4.68. The quantitative estimate of drug-likeness (QED) is 0.833. The van der Waals surface area contributed by atoms with Gasteiger partial charge in [-0.15, -0.1) is 12.4 Å². The van der Waals surface area contributed by atoms with E-state index >= 15 is 0 Å². The van der Waals surface area contributed by atoms with Crippen molar-refractivity contribution in [2.24, 2.45) is 11.1 Å². The molecule has 1 atom stereocenters. The van der Waals surface area contributed by atoms with E-state index in [4.69, 9.17) is 5.73 Å². The number of aryl methyl sites for hydroxylation is 1. The highest BCUT2D eigenvalue weighted by atomic mass is 35.5. The normalized spacial score (nSPS) is 20.0. The van der Waals surface area contributed by atoms with E-state index in [0.29, 0.717) is 23.7 Å². The van der Waals surface area contributed by atoms with Crippen LogP contribution in [0.15, 0.2) is 30.3 Å². The second-order valence-corrected chi connectivity index (χ2v) is 7.06. The van der Waals surface area contributed by atoms with Crippen molar-refractivity contribution in [2.45, 2.75) is 20.3 Å². The van der Waals surface area contributed by atoms with Crippen LogP contribution in [0.5, 0.6) is 0 Å². The Balaban J connectivity index is 0.00000243. The maximum atomic E-state index is 14.1. The zero-order chi connectivity index (χ0) is 18.0. The first-order valence-electron chi connectivity index (χ1n) is 8.44. The first-order chi connectivity index (χ1) is 11.9. The lowest BCUT2D eigenvalue weighted by Gasteiger charge is -2.22. The van der Waals surface area contributed by atoms with Crippen molar-refractivity contribution < 1.29 is 9.18 Å². The minimum absolute atomic E-state index is 0. The highest BCUT2D eigenvalue weighted by molar-refractivity contribution is 5.91. The third-order valence-corrected chi connectivity index (χ3v) is 4.68. The van der Waals surface area contributed by atoms with Gasteiger partial charge in [0, 0.05) is 12.6 Å². The van der Waals surface area contributed by atoms with Gasteiger partial charge in [0.1, 0.15) is 17.3 Å². The van der Waals surface area contributed by atoms with Crippen LogP contribution in [0.4, 0.5) is 10.2 Å². The van der Waals surface area contributed by atoms with Crippen molar-refractivity contribution in [1.82, 2.24) is 14.7 Å². The number of hydrogen-bond acceptors (Lipinski definition) is 4. The molecular formula is C18H25ClFN5O. The summed E-state index contributed by atoms with van der Waals surface area (Å²) in [6.45, 7) is 6.51. The average Bonchev–Trinajstić information content (AvgIpc) is 3.11. The molecule has 142 valence electrons. The molecule has 3 rings (SSSR count). The summed E-state index contributed by atoms with van der Waals surface area (Å²) in [4.78, 5) is 14.5. The molecule has 1 amide bonds. The van der Waals surface area contributed by atoms with Crippen molar-refractivity contribution in [2.75, 3.05) is 31.5 Å². The Hall–Kier alpha value is -1.96. The Bertz CT molecular complexity index is 781. The number of nitrogens with two attached hydrogens (primary N) is 1. The monoisotopic (exact) mass is 381 g/mol. The zero-order valence-electron chi connectivity index (χ0n) is 15.0. The lowest BCUT2D eigenvalue weighted by Crippen LogP contribution is -2.35. The standard InChI is InChI=1S/C18H24FN5O.ClH/c1-13-9-16(24(22-13)15-6-4-3-5-14(15)19)21-17(25)10-23-8-7-18(2,11-20)12-23;/h3-6,9H,7-8,10-12,20H2,1-2H3,(H,21,25);1H. The van der Waals surface area contributed by atoms with Gasteiger partial charge in [-0.1, -0.05) is 19.1 Å². The van der Waals surface area contributed by atoms with Crippen LogP contribution >= 0.6 is 12.4 Å². The zero-order valence-corrected chi connectivity index (χ0v) is 15.9. The molecule has 1 aromatic carbocycles. The number of carbonyl (C=O) groups excluding carboxylic acids is 1. The molecule has 0 spiro atoms. The van der Waals surface area contributed by atoms with Crippen LogP contribution in [0.25, 0.3) is 5.69 Å². The van der Waals surface area contributed by atoms with Crippen LogP contribution in [-0.2, 0) is 4.79 Å². The van der Waals surface area contributed by atoms with E-state index in [1.54, 1.807) is 31.2 Å². The Kier molecular flexibility index (Phi) is 6.39. The van der Waals surface area contributed by atoms with Gasteiger partial charge >= 0.3 is 0 Å². The molecule has 3 N–H and O–H groups in total. The first-order valence-corrected chi connectivity index (χ1v) is 8.44. The number of hydrogen-bond donors (Lipinski definition) is 2. The average molecular weight is 382 g/mol. The topological polar surface area (TPSA) is 76.2 Å². The maximum Gasteiger partial charge on any atom is 0.239 e. The number of benzene rings is 1. The molecule has 0 radical (unpaired) electrons. The summed E-state index contributed by atoms with van der Waals surface area (Å²) in [7, 11) is 0. The summed E-state index contributed by atoms with van der Waals surface area (Å²) in [5.41, 5.74) is 6.90. The van der Waals surface area contributed by atoms with Crippen LogP contribution in [-0.4, -0.2) is 46.8 Å². The Morgan fingerprint density at radius 3 is 2.81 bits per heavy atom. The highest BCUT2D eigenvalue weighted by Crippen LogP contribution is 2.28. The van der Waals surface area contributed by atoms with Gasteiger partial charge in [0.2, 0.25) is 5.91 Å². The van der Waals surface area contributed by atoms with E-state index < -0.39 is 0 Å². The fourth-order valence-electron chi connectivity index (χ4n) is 3.21. The number of amides is 1. The van der Waals surface area contributed by atoms with Crippen LogP contribution in [0.1, 0.15) is 19.0 Å². The van der Waals surface area contributed by atoms with Crippen LogP contribution < -0.4 is 11.1 Å². The van der Waals surface area contributed by atoms with Gasteiger partial charge in [-0.2, -0.15) is 5.10 Å². The molecule has 2 aromatic rings. The van der Waals surface area contributed by atoms with E-state index in [1.165, 1.54) is 10.7 Å². The summed E-state index contributed by atoms with van der Waals surface area (Å²) >= 11 is 0. The van der Waals surface area contributed by atoms with Gasteiger partial charge in [0.05, 0.1) is 12.2 Å². The highest BCUT2D eigenvalue weighted by Gasteiger charge is 2.33. The molecule has 1 unspecified atom stereocenters. The molecule has 0 aliphatic carbocycles. The molecular weight excluding hydrogens is 357 g/mol. The molecule has 8 heteroatoms. The smallest absolute Gasteiger partial charge is 0.239 e. The number of nitrogens with one attached hydrogen (secondary N) is 1. The number of halogens is 2. The van der Waals surface area contributed by atoms with Crippen LogP contribution in [0.2, 0.25) is 0 Å². The van der Waals surface area contributed by atoms with Gasteiger partial charge in [0.25, 0.3) is 0 Å². The number of anilines is 1. The second-order valence-electron chi connectivity index (χ2n) is 7.06. The predicted molar refractivity (Wildman–Crippen MR) is 102 cm³/mol. The van der Waals surface area contributed by atoms with Crippen LogP contribution in [0, 0.1) is 18.2 Å². The largest absolute Gasteiger partial charge is 0.330 e. The first kappa shape index (κ1) is 20.4. The Labute approximate surface area is 159 Å². The maximum absolute atomic E-state index is 14.1. The molecule has 1 saturated heterocycles. The number of rotatable bonds is 5. The Morgan fingerprint density at radius 1 is 1.42 bits per heavy atom. The van der Waals surface area contributed by atoms with Crippen molar-refractivity contribution in [3.8, 4) is 5.69 Å². The molecule has 2 heterocycles. The number of likely N-dealkylation sites (tertiary alicyclic amines) is 1. The van der Waals surface area contributed by atoms with E-state index in [2.05, 4.69) is 22.2 Å². The molecule has 0 bridgehead atoms. The number of carbonyl (C=O) groups is 1. The summed E-state index contributed by atoms with van der Waals surface area (Å²) in [6.07, 6.45) is 0.989. The fourth-order valence-corrected chi connectivity index (χ4v) is 3.21. The van der Waals surface area contributed by atoms with Gasteiger partial charge in [-0.3, -0.25) is 9.69 Å². The predicted octanol–water partition coefficient (Wildman–Crippen LogP) is 2.35. The van der Waals surface area contributed by atoms with Gasteiger partial charge in [-0.05, 0) is 44.0 Å². The third kappa shape index (κ3) is 4.41. The molecule has 6 nitrogen and oxygen atoms in total. The molecule has 1 aliphatic rings. The van der Waals surface area contributed by atoms with E-state index in [1.807, 2.05) is 0 Å². The van der Waals surface area contributed by atoms with Gasteiger partial charge in [0.15, 0.2) is 0 Å². The Morgan fingerprint density at radius 2 is 2.15 bits per heavy atom. The van der Waals surface area contributed by atoms with Gasteiger partial charge < -0.3 is 11.1 Å². The van der Waals surface area contributed by atoms with E-state index in [0.717, 1.165) is 19.5 Å². The summed E-state index contributed by atoms with van der Waals surface area (Å²) in [6, 6.07) is 8.09. The second kappa shape index (κ2) is 8.16. The van der Waals surface area contributed by atoms with Crippen molar-refractivity contribution >= 4 is 24.1 Å². The minimum atomic E-state index is -0.389. The summed E-state index contributed by atoms with van der Waals surface area (Å²) in [5, 5.41) is 7.15. The van der Waals surface area contributed by atoms with Crippen LogP contribution in [0.3, 0.4) is 0 Å². The number of para-hydroxylation sites is 1.